The fraction of sp³-hybridized carbons (Fsp3) is 0.947. The summed E-state index contributed by atoms with van der Waals surface area (Å²) in [6.45, 7) is 14.5. The second-order valence-electron chi connectivity index (χ2n) is 6.60. The van der Waals surface area contributed by atoms with Crippen LogP contribution in [0.25, 0.3) is 0 Å². The van der Waals surface area contributed by atoms with Crippen molar-refractivity contribution in [1.82, 2.24) is 9.80 Å². The Balaban J connectivity index is 0.000000789. The molecular formula is C19H40N2O. The van der Waals surface area contributed by atoms with E-state index in [0.29, 0.717) is 5.92 Å². The first-order chi connectivity index (χ1) is 10.7. The smallest absolute Gasteiger partial charge is 0.120 e. The monoisotopic (exact) mass is 312 g/mol. The number of piperidine rings is 2. The molecule has 0 aromatic carbocycles. The molecular weight excluding hydrogens is 272 g/mol. The van der Waals surface area contributed by atoms with Crippen LogP contribution in [0.2, 0.25) is 0 Å². The Morgan fingerprint density at radius 3 is 1.82 bits per heavy atom. The minimum atomic E-state index is 0.668. The third kappa shape index (κ3) is 9.58. The molecule has 22 heavy (non-hydrogen) atoms. The average molecular weight is 313 g/mol. The molecule has 0 atom stereocenters. The van der Waals surface area contributed by atoms with E-state index in [-0.39, 0.29) is 0 Å². The van der Waals surface area contributed by atoms with Gasteiger partial charge in [0.05, 0.1) is 0 Å². The van der Waals surface area contributed by atoms with Gasteiger partial charge in [-0.05, 0) is 70.7 Å². The molecule has 2 heterocycles. The third-order valence-corrected chi connectivity index (χ3v) is 4.49. The predicted molar refractivity (Wildman–Crippen MR) is 97.4 cm³/mol. The van der Waals surface area contributed by atoms with Gasteiger partial charge in [-0.1, -0.05) is 34.1 Å². The SMILES string of the molecule is CC.CCC.CN1CCC(CN2CCC(CC=O)CC2)CC1. The summed E-state index contributed by atoms with van der Waals surface area (Å²) in [5, 5.41) is 0. The first-order valence-electron chi connectivity index (χ1n) is 9.54. The minimum Gasteiger partial charge on any atom is -0.306 e. The van der Waals surface area contributed by atoms with Gasteiger partial charge in [-0.25, -0.2) is 0 Å². The molecule has 132 valence electrons. The van der Waals surface area contributed by atoms with Crippen LogP contribution >= 0.6 is 0 Å². The van der Waals surface area contributed by atoms with E-state index in [1.54, 1.807) is 0 Å². The van der Waals surface area contributed by atoms with E-state index in [1.165, 1.54) is 64.8 Å². The van der Waals surface area contributed by atoms with Gasteiger partial charge < -0.3 is 14.6 Å². The standard InChI is InChI=1S/C14H26N2O.C3H8.C2H6/c1-15-7-2-14(3-8-15)12-16-9-4-13(5-10-16)6-11-17;1-3-2;1-2/h11,13-14H,2-10,12H2,1H3;3H2,1-2H3;1-2H3. The first-order valence-corrected chi connectivity index (χ1v) is 9.54. The Kier molecular flexibility index (Phi) is 13.9. The second kappa shape index (κ2) is 14.2. The summed E-state index contributed by atoms with van der Waals surface area (Å²) in [7, 11) is 2.22. The van der Waals surface area contributed by atoms with Gasteiger partial charge in [0.2, 0.25) is 0 Å². The van der Waals surface area contributed by atoms with Crippen LogP contribution in [0, 0.1) is 11.8 Å². The molecule has 0 aliphatic carbocycles. The van der Waals surface area contributed by atoms with Crippen molar-refractivity contribution < 1.29 is 4.79 Å². The quantitative estimate of drug-likeness (QED) is 0.731. The van der Waals surface area contributed by atoms with E-state index in [9.17, 15) is 4.79 Å². The molecule has 2 rings (SSSR count). The normalized spacial score (nSPS) is 21.3. The van der Waals surface area contributed by atoms with Crippen LogP contribution in [0.5, 0.6) is 0 Å². The van der Waals surface area contributed by atoms with Crippen LogP contribution in [0.4, 0.5) is 0 Å². The maximum absolute atomic E-state index is 10.5. The van der Waals surface area contributed by atoms with Crippen molar-refractivity contribution in [3.05, 3.63) is 0 Å². The number of likely N-dealkylation sites (tertiary alicyclic amines) is 2. The van der Waals surface area contributed by atoms with Gasteiger partial charge in [0.1, 0.15) is 6.29 Å². The number of hydrogen-bond acceptors (Lipinski definition) is 3. The fourth-order valence-corrected chi connectivity index (χ4v) is 3.15. The van der Waals surface area contributed by atoms with E-state index in [4.69, 9.17) is 0 Å². The molecule has 0 amide bonds. The van der Waals surface area contributed by atoms with Crippen molar-refractivity contribution in [3.8, 4) is 0 Å². The number of hydrogen-bond donors (Lipinski definition) is 0. The lowest BCUT2D eigenvalue weighted by Crippen LogP contribution is -2.40. The molecule has 2 saturated heterocycles. The Morgan fingerprint density at radius 1 is 0.909 bits per heavy atom. The van der Waals surface area contributed by atoms with Gasteiger partial charge in [-0.15, -0.1) is 0 Å². The minimum absolute atomic E-state index is 0.668. The zero-order valence-electron chi connectivity index (χ0n) is 15.8. The molecule has 0 aromatic heterocycles. The van der Waals surface area contributed by atoms with Crippen molar-refractivity contribution >= 4 is 6.29 Å². The van der Waals surface area contributed by atoms with Gasteiger partial charge >= 0.3 is 0 Å². The number of carbonyl (C=O) groups excluding carboxylic acids is 1. The van der Waals surface area contributed by atoms with Crippen LogP contribution in [-0.2, 0) is 4.79 Å². The lowest BCUT2D eigenvalue weighted by Gasteiger charge is -2.36. The largest absolute Gasteiger partial charge is 0.306 e. The van der Waals surface area contributed by atoms with E-state index in [1.807, 2.05) is 13.8 Å². The summed E-state index contributed by atoms with van der Waals surface area (Å²) in [6, 6.07) is 0. The van der Waals surface area contributed by atoms with Gasteiger partial charge in [0.25, 0.3) is 0 Å². The predicted octanol–water partition coefficient (Wildman–Crippen LogP) is 4.07. The average Bonchev–Trinajstić information content (AvgIpc) is 2.54. The van der Waals surface area contributed by atoms with Crippen LogP contribution in [-0.4, -0.2) is 55.9 Å². The summed E-state index contributed by atoms with van der Waals surface area (Å²) in [4.78, 5) is 15.5. The van der Waals surface area contributed by atoms with Crippen LogP contribution < -0.4 is 0 Å². The molecule has 0 unspecified atom stereocenters. The molecule has 3 heteroatoms. The van der Waals surface area contributed by atoms with Gasteiger partial charge in [0, 0.05) is 13.0 Å². The zero-order valence-corrected chi connectivity index (χ0v) is 15.8. The lowest BCUT2D eigenvalue weighted by atomic mass is 9.91. The number of rotatable bonds is 4. The van der Waals surface area contributed by atoms with Crippen LogP contribution in [0.15, 0.2) is 0 Å². The van der Waals surface area contributed by atoms with Crippen LogP contribution in [0.3, 0.4) is 0 Å². The Labute approximate surface area is 139 Å². The van der Waals surface area contributed by atoms with Crippen molar-refractivity contribution in [2.75, 3.05) is 39.8 Å². The van der Waals surface area contributed by atoms with Gasteiger partial charge in [0.15, 0.2) is 0 Å². The summed E-state index contributed by atoms with van der Waals surface area (Å²) in [5.41, 5.74) is 0. The summed E-state index contributed by atoms with van der Waals surface area (Å²) in [6.07, 6.45) is 8.31. The Bertz CT molecular complexity index is 242. The molecule has 3 nitrogen and oxygen atoms in total. The van der Waals surface area contributed by atoms with Crippen molar-refractivity contribution in [2.45, 2.75) is 66.2 Å². The van der Waals surface area contributed by atoms with E-state index >= 15 is 0 Å². The lowest BCUT2D eigenvalue weighted by molar-refractivity contribution is -0.108. The zero-order chi connectivity index (χ0) is 16.8. The first kappa shape index (κ1) is 21.6. The highest BCUT2D eigenvalue weighted by atomic mass is 16.1. The Hall–Kier alpha value is -0.410. The topological polar surface area (TPSA) is 23.6 Å². The van der Waals surface area contributed by atoms with E-state index in [2.05, 4.69) is 30.7 Å². The van der Waals surface area contributed by atoms with Crippen molar-refractivity contribution in [1.29, 1.82) is 0 Å². The molecule has 2 aliphatic rings. The molecule has 0 saturated carbocycles. The third-order valence-electron chi connectivity index (χ3n) is 4.49. The molecule has 0 N–H and O–H groups in total. The van der Waals surface area contributed by atoms with Crippen LogP contribution in [0.1, 0.15) is 66.2 Å². The fourth-order valence-electron chi connectivity index (χ4n) is 3.15. The molecule has 2 fully saturated rings. The summed E-state index contributed by atoms with van der Waals surface area (Å²) in [5.74, 6) is 1.58. The van der Waals surface area contributed by atoms with Gasteiger partial charge in [-0.3, -0.25) is 0 Å². The molecule has 0 aromatic rings. The molecule has 0 bridgehead atoms. The van der Waals surface area contributed by atoms with Crippen molar-refractivity contribution in [2.24, 2.45) is 11.8 Å². The summed E-state index contributed by atoms with van der Waals surface area (Å²) < 4.78 is 0. The molecule has 2 aliphatic heterocycles. The highest BCUT2D eigenvalue weighted by Crippen LogP contribution is 2.23. The summed E-state index contributed by atoms with van der Waals surface area (Å²) >= 11 is 0. The number of aldehydes is 1. The highest BCUT2D eigenvalue weighted by molar-refractivity contribution is 5.49. The van der Waals surface area contributed by atoms with E-state index < -0.39 is 0 Å². The molecule has 0 spiro atoms. The maximum Gasteiger partial charge on any atom is 0.120 e. The highest BCUT2D eigenvalue weighted by Gasteiger charge is 2.23. The van der Waals surface area contributed by atoms with Crippen molar-refractivity contribution in [3.63, 3.8) is 0 Å². The molecule has 0 radical (unpaired) electrons. The number of carbonyl (C=O) groups is 1. The van der Waals surface area contributed by atoms with E-state index in [0.717, 1.165) is 18.6 Å². The maximum atomic E-state index is 10.5. The van der Waals surface area contributed by atoms with Gasteiger partial charge in [-0.2, -0.15) is 0 Å². The second-order valence-corrected chi connectivity index (χ2v) is 6.60. The number of nitrogens with zero attached hydrogens (tertiary/aromatic N) is 2. The Morgan fingerprint density at radius 2 is 1.36 bits per heavy atom.